The highest BCUT2D eigenvalue weighted by atomic mass is 79.9. The van der Waals surface area contributed by atoms with Crippen molar-refractivity contribution in [3.05, 3.63) is 33.8 Å². The molecule has 104 valence electrons. The summed E-state index contributed by atoms with van der Waals surface area (Å²) in [7, 11) is 0. The highest BCUT2D eigenvalue weighted by molar-refractivity contribution is 9.10. The molecule has 2 rings (SSSR count). The second-order valence-electron chi connectivity index (χ2n) is 4.78. The van der Waals surface area contributed by atoms with Crippen LogP contribution in [0.25, 0.3) is 0 Å². The minimum atomic E-state index is -0.877. The minimum Gasteiger partial charge on any atom is -0.393 e. The number of carbonyl (C=O) groups excluding carboxylic acids is 1. The molecule has 1 aliphatic heterocycles. The first-order valence-corrected chi connectivity index (χ1v) is 6.81. The predicted molar refractivity (Wildman–Crippen MR) is 69.7 cm³/mol. The van der Waals surface area contributed by atoms with E-state index in [-0.39, 0.29) is 10.4 Å². The summed E-state index contributed by atoms with van der Waals surface area (Å²) >= 11 is 2.97. The van der Waals surface area contributed by atoms with Gasteiger partial charge in [-0.3, -0.25) is 4.79 Å². The van der Waals surface area contributed by atoms with Crippen LogP contribution in [0.1, 0.15) is 23.7 Å². The summed E-state index contributed by atoms with van der Waals surface area (Å²) < 4.78 is 27.7. The number of amides is 1. The van der Waals surface area contributed by atoms with Gasteiger partial charge in [-0.05, 0) is 25.5 Å². The topological polar surface area (TPSA) is 40.5 Å². The highest BCUT2D eigenvalue weighted by Gasteiger charge is 2.32. The lowest BCUT2D eigenvalue weighted by molar-refractivity contribution is 0.0753. The van der Waals surface area contributed by atoms with Gasteiger partial charge in [0.1, 0.15) is 17.2 Å². The maximum absolute atomic E-state index is 13.7. The van der Waals surface area contributed by atoms with Crippen LogP contribution < -0.4 is 0 Å². The first kappa shape index (κ1) is 14.4. The Labute approximate surface area is 118 Å². The molecule has 0 aromatic heterocycles. The molecule has 2 unspecified atom stereocenters. The van der Waals surface area contributed by atoms with Gasteiger partial charge in [0.15, 0.2) is 0 Å². The molecule has 19 heavy (non-hydrogen) atoms. The number of rotatable bonds is 2. The molecule has 1 saturated heterocycles. The fourth-order valence-corrected chi connectivity index (χ4v) is 2.67. The molecular formula is C13H14BrF2NO2. The maximum atomic E-state index is 13.7. The SMILES string of the molecule is CC(O)C1CCN(C(=O)c2c(F)cc(Br)cc2F)C1. The molecule has 1 fully saturated rings. The van der Waals surface area contributed by atoms with Crippen LogP contribution >= 0.6 is 15.9 Å². The number of nitrogens with zero attached hydrogens (tertiary/aromatic N) is 1. The molecule has 0 bridgehead atoms. The van der Waals surface area contributed by atoms with Crippen molar-refractivity contribution in [2.75, 3.05) is 13.1 Å². The lowest BCUT2D eigenvalue weighted by Gasteiger charge is -2.18. The van der Waals surface area contributed by atoms with E-state index >= 15 is 0 Å². The molecule has 1 heterocycles. The highest BCUT2D eigenvalue weighted by Crippen LogP contribution is 2.25. The summed E-state index contributed by atoms with van der Waals surface area (Å²) in [5, 5.41) is 9.48. The van der Waals surface area contributed by atoms with E-state index in [9.17, 15) is 18.7 Å². The quantitative estimate of drug-likeness (QED) is 0.903. The Morgan fingerprint density at radius 2 is 2.05 bits per heavy atom. The van der Waals surface area contributed by atoms with E-state index in [0.29, 0.717) is 19.5 Å². The summed E-state index contributed by atoms with van der Waals surface area (Å²) in [5.41, 5.74) is -0.533. The summed E-state index contributed by atoms with van der Waals surface area (Å²) in [6.07, 6.45) is 0.112. The van der Waals surface area contributed by atoms with Crippen LogP contribution in [0, 0.1) is 17.6 Å². The lowest BCUT2D eigenvalue weighted by Crippen LogP contribution is -2.31. The van der Waals surface area contributed by atoms with Gasteiger partial charge in [0.05, 0.1) is 6.10 Å². The van der Waals surface area contributed by atoms with Crippen molar-refractivity contribution in [2.45, 2.75) is 19.4 Å². The second-order valence-corrected chi connectivity index (χ2v) is 5.70. The van der Waals surface area contributed by atoms with Crippen LogP contribution in [-0.2, 0) is 0 Å². The fourth-order valence-electron chi connectivity index (χ4n) is 2.27. The number of likely N-dealkylation sites (tertiary alicyclic amines) is 1. The number of carbonyl (C=O) groups is 1. The van der Waals surface area contributed by atoms with Crippen molar-refractivity contribution in [2.24, 2.45) is 5.92 Å². The third kappa shape index (κ3) is 2.95. The third-order valence-corrected chi connectivity index (χ3v) is 3.87. The smallest absolute Gasteiger partial charge is 0.259 e. The molecular weight excluding hydrogens is 320 g/mol. The Bertz CT molecular complexity index is 484. The molecule has 1 aliphatic rings. The van der Waals surface area contributed by atoms with E-state index in [1.807, 2.05) is 0 Å². The van der Waals surface area contributed by atoms with Crippen molar-refractivity contribution in [1.29, 1.82) is 0 Å². The minimum absolute atomic E-state index is 0.0366. The van der Waals surface area contributed by atoms with Gasteiger partial charge in [0.25, 0.3) is 5.91 Å². The van der Waals surface area contributed by atoms with E-state index in [2.05, 4.69) is 15.9 Å². The monoisotopic (exact) mass is 333 g/mol. The van der Waals surface area contributed by atoms with E-state index < -0.39 is 29.2 Å². The molecule has 0 saturated carbocycles. The van der Waals surface area contributed by atoms with E-state index in [1.165, 1.54) is 4.90 Å². The largest absolute Gasteiger partial charge is 0.393 e. The van der Waals surface area contributed by atoms with Gasteiger partial charge < -0.3 is 10.0 Å². The van der Waals surface area contributed by atoms with E-state index in [0.717, 1.165) is 12.1 Å². The van der Waals surface area contributed by atoms with Crippen molar-refractivity contribution < 1.29 is 18.7 Å². The molecule has 1 amide bonds. The predicted octanol–water partition coefficient (Wildman–Crippen LogP) is 2.57. The zero-order valence-electron chi connectivity index (χ0n) is 10.4. The summed E-state index contributed by atoms with van der Waals surface area (Å²) in [6, 6.07) is 2.14. The Hall–Kier alpha value is -1.01. The average molecular weight is 334 g/mol. The van der Waals surface area contributed by atoms with Gasteiger partial charge in [-0.25, -0.2) is 8.78 Å². The van der Waals surface area contributed by atoms with Crippen LogP contribution in [0.2, 0.25) is 0 Å². The molecule has 1 aromatic carbocycles. The summed E-state index contributed by atoms with van der Waals surface area (Å²) in [6.45, 7) is 2.38. The summed E-state index contributed by atoms with van der Waals surface area (Å²) in [5.74, 6) is -2.45. The molecule has 3 nitrogen and oxygen atoms in total. The molecule has 6 heteroatoms. The molecule has 0 aliphatic carbocycles. The molecule has 0 radical (unpaired) electrons. The first-order valence-electron chi connectivity index (χ1n) is 6.02. The molecule has 2 atom stereocenters. The van der Waals surface area contributed by atoms with Gasteiger partial charge in [-0.2, -0.15) is 0 Å². The first-order chi connectivity index (χ1) is 8.90. The van der Waals surface area contributed by atoms with Gasteiger partial charge in [0, 0.05) is 23.5 Å². The average Bonchev–Trinajstić information content (AvgIpc) is 2.76. The number of aliphatic hydroxyl groups is 1. The maximum Gasteiger partial charge on any atom is 0.259 e. The lowest BCUT2D eigenvalue weighted by atomic mass is 10.0. The zero-order chi connectivity index (χ0) is 14.2. The molecule has 1 aromatic rings. The van der Waals surface area contributed by atoms with Crippen LogP contribution in [0.3, 0.4) is 0 Å². The molecule has 0 spiro atoms. The van der Waals surface area contributed by atoms with E-state index in [1.54, 1.807) is 6.92 Å². The Morgan fingerprint density at radius 3 is 2.53 bits per heavy atom. The van der Waals surface area contributed by atoms with Crippen LogP contribution in [0.5, 0.6) is 0 Å². The Morgan fingerprint density at radius 1 is 1.47 bits per heavy atom. The zero-order valence-corrected chi connectivity index (χ0v) is 12.0. The Balaban J connectivity index is 2.22. The van der Waals surface area contributed by atoms with Gasteiger partial charge >= 0.3 is 0 Å². The van der Waals surface area contributed by atoms with E-state index in [4.69, 9.17) is 0 Å². The number of halogens is 3. The van der Waals surface area contributed by atoms with Crippen LogP contribution in [0.15, 0.2) is 16.6 Å². The van der Waals surface area contributed by atoms with Gasteiger partial charge in [-0.1, -0.05) is 15.9 Å². The van der Waals surface area contributed by atoms with Crippen LogP contribution in [-0.4, -0.2) is 35.1 Å². The van der Waals surface area contributed by atoms with Gasteiger partial charge in [0.2, 0.25) is 0 Å². The van der Waals surface area contributed by atoms with Crippen LogP contribution in [0.4, 0.5) is 8.78 Å². The van der Waals surface area contributed by atoms with Crippen molar-refractivity contribution >= 4 is 21.8 Å². The molecule has 1 N–H and O–H groups in total. The number of hydrogen-bond donors (Lipinski definition) is 1. The third-order valence-electron chi connectivity index (χ3n) is 3.41. The van der Waals surface area contributed by atoms with Crippen molar-refractivity contribution in [3.8, 4) is 0 Å². The Kier molecular flexibility index (Phi) is 4.20. The van der Waals surface area contributed by atoms with Crippen molar-refractivity contribution in [3.63, 3.8) is 0 Å². The number of hydrogen-bond acceptors (Lipinski definition) is 2. The second kappa shape index (κ2) is 5.54. The fraction of sp³-hybridized carbons (Fsp3) is 0.462. The van der Waals surface area contributed by atoms with Crippen molar-refractivity contribution in [1.82, 2.24) is 4.90 Å². The number of benzene rings is 1. The number of aliphatic hydroxyl groups excluding tert-OH is 1. The van der Waals surface area contributed by atoms with Gasteiger partial charge in [-0.15, -0.1) is 0 Å². The summed E-state index contributed by atoms with van der Waals surface area (Å²) in [4.78, 5) is 13.5. The normalized spacial score (nSPS) is 20.7. The standard InChI is InChI=1S/C13H14BrF2NO2/c1-7(18)8-2-3-17(6-8)13(19)12-10(15)4-9(14)5-11(12)16/h4-5,7-8,18H,2-3,6H2,1H3.